The van der Waals surface area contributed by atoms with Gasteiger partial charge in [-0.3, -0.25) is 14.4 Å². The van der Waals surface area contributed by atoms with E-state index in [1.165, 1.54) is 12.5 Å². The van der Waals surface area contributed by atoms with Crippen molar-refractivity contribution in [3.05, 3.63) is 65.7 Å². The van der Waals surface area contributed by atoms with Gasteiger partial charge in [-0.2, -0.15) is 0 Å². The van der Waals surface area contributed by atoms with Crippen LogP contribution >= 0.6 is 0 Å². The van der Waals surface area contributed by atoms with Crippen LogP contribution in [0.4, 0.5) is 5.69 Å². The largest absolute Gasteiger partial charge is 0.368 e. The minimum Gasteiger partial charge on any atom is -0.368 e. The molecule has 2 aromatic carbocycles. The van der Waals surface area contributed by atoms with Crippen LogP contribution in [0.5, 0.6) is 0 Å². The maximum Gasteiger partial charge on any atom is 0.251 e. The average Bonchev–Trinajstić information content (AvgIpc) is 2.61. The Morgan fingerprint density at radius 1 is 1.00 bits per heavy atom. The van der Waals surface area contributed by atoms with Gasteiger partial charge in [0.25, 0.3) is 5.91 Å². The molecule has 0 aliphatic rings. The van der Waals surface area contributed by atoms with Crippen LogP contribution in [0.15, 0.2) is 54.6 Å². The van der Waals surface area contributed by atoms with Crippen molar-refractivity contribution in [1.82, 2.24) is 5.32 Å². The number of anilines is 1. The lowest BCUT2D eigenvalue weighted by Gasteiger charge is -2.15. The van der Waals surface area contributed by atoms with Crippen LogP contribution in [-0.2, 0) is 16.0 Å². The van der Waals surface area contributed by atoms with E-state index in [4.69, 9.17) is 5.73 Å². The summed E-state index contributed by atoms with van der Waals surface area (Å²) in [5, 5.41) is 5.31. The van der Waals surface area contributed by atoms with Gasteiger partial charge in [0.15, 0.2) is 0 Å². The Hall–Kier alpha value is -3.15. The van der Waals surface area contributed by atoms with Gasteiger partial charge in [-0.05, 0) is 49.1 Å². The fourth-order valence-electron chi connectivity index (χ4n) is 2.59. The Balaban J connectivity index is 1.90. The van der Waals surface area contributed by atoms with Crippen molar-refractivity contribution < 1.29 is 14.4 Å². The van der Waals surface area contributed by atoms with E-state index in [0.717, 1.165) is 12.8 Å². The van der Waals surface area contributed by atoms with E-state index in [1.807, 2.05) is 30.3 Å². The van der Waals surface area contributed by atoms with Crippen LogP contribution in [0.25, 0.3) is 0 Å². The van der Waals surface area contributed by atoms with E-state index >= 15 is 0 Å². The van der Waals surface area contributed by atoms with Gasteiger partial charge in [0.2, 0.25) is 11.8 Å². The summed E-state index contributed by atoms with van der Waals surface area (Å²) >= 11 is 0. The highest BCUT2D eigenvalue weighted by atomic mass is 16.2. The molecule has 3 amide bonds. The van der Waals surface area contributed by atoms with Gasteiger partial charge in [0, 0.05) is 18.2 Å². The van der Waals surface area contributed by atoms with E-state index in [9.17, 15) is 14.4 Å². The van der Waals surface area contributed by atoms with Gasteiger partial charge in [-0.15, -0.1) is 0 Å². The monoisotopic (exact) mass is 353 g/mol. The molecular formula is C20H23N3O3. The number of hydrogen-bond acceptors (Lipinski definition) is 3. The number of nitrogens with two attached hydrogens (primary N) is 1. The first kappa shape index (κ1) is 19.2. The molecule has 2 rings (SSSR count). The molecule has 4 N–H and O–H groups in total. The van der Waals surface area contributed by atoms with Gasteiger partial charge >= 0.3 is 0 Å². The Bertz CT molecular complexity index is 758. The van der Waals surface area contributed by atoms with Crippen LogP contribution in [0.3, 0.4) is 0 Å². The SMILES string of the molecule is CC(=O)Nc1ccc(C(=O)N[C@H](CCCc2ccccc2)C(N)=O)cc1. The van der Waals surface area contributed by atoms with Gasteiger partial charge < -0.3 is 16.4 Å². The number of carbonyl (C=O) groups excluding carboxylic acids is 3. The van der Waals surface area contributed by atoms with E-state index < -0.39 is 11.9 Å². The second-order valence-corrected chi connectivity index (χ2v) is 6.06. The minimum atomic E-state index is -0.721. The maximum absolute atomic E-state index is 12.3. The number of primary amides is 1. The molecule has 0 unspecified atom stereocenters. The highest BCUT2D eigenvalue weighted by Gasteiger charge is 2.18. The minimum absolute atomic E-state index is 0.186. The number of benzene rings is 2. The number of carbonyl (C=O) groups is 3. The van der Waals surface area contributed by atoms with Crippen LogP contribution < -0.4 is 16.4 Å². The molecule has 26 heavy (non-hydrogen) atoms. The molecule has 6 heteroatoms. The third-order valence-electron chi connectivity index (χ3n) is 3.92. The molecule has 0 aliphatic heterocycles. The molecule has 0 radical (unpaired) electrons. The number of aryl methyl sites for hydroxylation is 1. The number of nitrogens with one attached hydrogen (secondary N) is 2. The standard InChI is InChI=1S/C20H23N3O3/c1-14(24)22-17-12-10-16(11-13-17)20(26)23-18(19(21)25)9-5-8-15-6-3-2-4-7-15/h2-4,6-7,10-13,18H,5,8-9H2,1H3,(H2,21,25)(H,22,24)(H,23,26)/t18-/m1/s1. The van der Waals surface area contributed by atoms with E-state index in [-0.39, 0.29) is 11.8 Å². The van der Waals surface area contributed by atoms with Gasteiger partial charge in [0.05, 0.1) is 0 Å². The van der Waals surface area contributed by atoms with Crippen LogP contribution in [0.2, 0.25) is 0 Å². The van der Waals surface area contributed by atoms with E-state index in [0.29, 0.717) is 17.7 Å². The van der Waals surface area contributed by atoms with Gasteiger partial charge in [0.1, 0.15) is 6.04 Å². The number of hydrogen-bond donors (Lipinski definition) is 3. The second kappa shape index (κ2) is 9.36. The first-order chi connectivity index (χ1) is 12.5. The van der Waals surface area contributed by atoms with Crippen molar-refractivity contribution in [2.24, 2.45) is 5.73 Å². The summed E-state index contributed by atoms with van der Waals surface area (Å²) in [7, 11) is 0. The Kier molecular flexibility index (Phi) is 6.91. The first-order valence-corrected chi connectivity index (χ1v) is 8.47. The average molecular weight is 353 g/mol. The van der Waals surface area contributed by atoms with Crippen molar-refractivity contribution in [2.45, 2.75) is 32.2 Å². The fraction of sp³-hybridized carbons (Fsp3) is 0.250. The summed E-state index contributed by atoms with van der Waals surface area (Å²) < 4.78 is 0. The molecule has 1 atom stereocenters. The van der Waals surface area contributed by atoms with Gasteiger partial charge in [-0.25, -0.2) is 0 Å². The Morgan fingerprint density at radius 3 is 2.23 bits per heavy atom. The molecule has 2 aromatic rings. The normalized spacial score (nSPS) is 11.4. The van der Waals surface area contributed by atoms with Crippen LogP contribution in [0, 0.1) is 0 Å². The zero-order valence-corrected chi connectivity index (χ0v) is 14.7. The van der Waals surface area contributed by atoms with Gasteiger partial charge in [-0.1, -0.05) is 30.3 Å². The summed E-state index contributed by atoms with van der Waals surface area (Å²) in [6, 6.07) is 15.6. The summed E-state index contributed by atoms with van der Waals surface area (Å²) in [6.45, 7) is 1.41. The summed E-state index contributed by atoms with van der Waals surface area (Å²) in [5.74, 6) is -1.11. The zero-order valence-electron chi connectivity index (χ0n) is 14.7. The molecule has 0 aromatic heterocycles. The lowest BCUT2D eigenvalue weighted by atomic mass is 10.0. The van der Waals surface area contributed by atoms with Crippen molar-refractivity contribution in [1.29, 1.82) is 0 Å². The molecule has 0 aliphatic carbocycles. The molecule has 0 saturated carbocycles. The summed E-state index contributed by atoms with van der Waals surface area (Å²) in [4.78, 5) is 35.0. The molecule has 0 saturated heterocycles. The Morgan fingerprint density at radius 2 is 1.65 bits per heavy atom. The third-order valence-corrected chi connectivity index (χ3v) is 3.92. The molecule has 0 fully saturated rings. The predicted molar refractivity (Wildman–Crippen MR) is 101 cm³/mol. The number of rotatable bonds is 8. The maximum atomic E-state index is 12.3. The molecule has 0 bridgehead atoms. The Labute approximate surface area is 152 Å². The molecule has 0 spiro atoms. The highest BCUT2D eigenvalue weighted by Crippen LogP contribution is 2.11. The highest BCUT2D eigenvalue weighted by molar-refractivity contribution is 5.98. The molecular weight excluding hydrogens is 330 g/mol. The first-order valence-electron chi connectivity index (χ1n) is 8.47. The van der Waals surface area contributed by atoms with Crippen LogP contribution in [-0.4, -0.2) is 23.8 Å². The van der Waals surface area contributed by atoms with Crippen molar-refractivity contribution in [3.63, 3.8) is 0 Å². The summed E-state index contributed by atoms with van der Waals surface area (Å²) in [5.41, 5.74) is 7.59. The smallest absolute Gasteiger partial charge is 0.251 e. The van der Waals surface area contributed by atoms with E-state index in [1.54, 1.807) is 24.3 Å². The molecule has 6 nitrogen and oxygen atoms in total. The zero-order chi connectivity index (χ0) is 18.9. The van der Waals surface area contributed by atoms with E-state index in [2.05, 4.69) is 10.6 Å². The quantitative estimate of drug-likeness (QED) is 0.678. The lowest BCUT2D eigenvalue weighted by Crippen LogP contribution is -2.44. The van der Waals surface area contributed by atoms with Crippen molar-refractivity contribution >= 4 is 23.4 Å². The van der Waals surface area contributed by atoms with Crippen molar-refractivity contribution in [3.8, 4) is 0 Å². The molecule has 0 heterocycles. The predicted octanol–water partition coefficient (Wildman–Crippen LogP) is 2.25. The summed E-state index contributed by atoms with van der Waals surface area (Å²) in [6.07, 6.45) is 2.02. The number of amides is 3. The molecule has 136 valence electrons. The van der Waals surface area contributed by atoms with Crippen LogP contribution in [0.1, 0.15) is 35.7 Å². The second-order valence-electron chi connectivity index (χ2n) is 6.06. The fourth-order valence-corrected chi connectivity index (χ4v) is 2.59. The lowest BCUT2D eigenvalue weighted by molar-refractivity contribution is -0.120. The van der Waals surface area contributed by atoms with Crippen molar-refractivity contribution in [2.75, 3.05) is 5.32 Å². The third kappa shape index (κ3) is 6.05. The topological polar surface area (TPSA) is 101 Å².